The van der Waals surface area contributed by atoms with Gasteiger partial charge in [-0.1, -0.05) is 23.7 Å². The third-order valence-corrected chi connectivity index (χ3v) is 4.67. The molecule has 0 aliphatic carbocycles. The van der Waals surface area contributed by atoms with E-state index in [1.165, 1.54) is 6.92 Å². The minimum Gasteiger partial charge on any atom is -0.481 e. The van der Waals surface area contributed by atoms with Gasteiger partial charge in [0.15, 0.2) is 0 Å². The summed E-state index contributed by atoms with van der Waals surface area (Å²) in [4.78, 5) is 36.9. The molecule has 6 nitrogen and oxygen atoms in total. The molecule has 3 unspecified atom stereocenters. The number of hydrogen-bond donors (Lipinski definition) is 2. The summed E-state index contributed by atoms with van der Waals surface area (Å²) >= 11 is 5.88. The van der Waals surface area contributed by atoms with Crippen molar-refractivity contribution < 1.29 is 19.5 Å². The number of carbonyl (C=O) groups excluding carboxylic acids is 2. The second-order valence-corrected chi connectivity index (χ2v) is 6.51. The Bertz CT molecular complexity index is 632. The van der Waals surface area contributed by atoms with Gasteiger partial charge in [0.1, 0.15) is 0 Å². The van der Waals surface area contributed by atoms with Gasteiger partial charge in [-0.25, -0.2) is 0 Å². The van der Waals surface area contributed by atoms with Crippen molar-refractivity contribution in [3.8, 4) is 0 Å². The van der Waals surface area contributed by atoms with Crippen LogP contribution in [0.4, 0.5) is 0 Å². The average molecular weight is 353 g/mol. The SMILES string of the molecule is CC(=O)NC(CC(=O)N1CCC(C(=O)O)C1C)c1ccc(Cl)cc1. The van der Waals surface area contributed by atoms with Gasteiger partial charge in [-0.3, -0.25) is 14.4 Å². The Balaban J connectivity index is 2.11. The van der Waals surface area contributed by atoms with Crippen LogP contribution in [0.15, 0.2) is 24.3 Å². The molecule has 0 saturated carbocycles. The summed E-state index contributed by atoms with van der Waals surface area (Å²) < 4.78 is 0. The van der Waals surface area contributed by atoms with Gasteiger partial charge in [-0.2, -0.15) is 0 Å². The zero-order chi connectivity index (χ0) is 17.9. The highest BCUT2D eigenvalue weighted by Gasteiger charge is 2.38. The van der Waals surface area contributed by atoms with E-state index in [2.05, 4.69) is 5.32 Å². The third kappa shape index (κ3) is 4.26. The number of likely N-dealkylation sites (tertiary alicyclic amines) is 1. The number of benzene rings is 1. The van der Waals surface area contributed by atoms with E-state index in [9.17, 15) is 19.5 Å². The summed E-state index contributed by atoms with van der Waals surface area (Å²) in [7, 11) is 0. The maximum atomic E-state index is 12.6. The lowest BCUT2D eigenvalue weighted by Gasteiger charge is -2.26. The molecule has 24 heavy (non-hydrogen) atoms. The predicted octanol–water partition coefficient (Wildman–Crippen LogP) is 2.23. The van der Waals surface area contributed by atoms with Crippen LogP contribution in [0, 0.1) is 5.92 Å². The summed E-state index contributed by atoms with van der Waals surface area (Å²) in [5, 5.41) is 12.5. The molecular formula is C17H21ClN2O4. The van der Waals surface area contributed by atoms with Crippen LogP contribution in [0.25, 0.3) is 0 Å². The number of halogens is 1. The molecule has 1 aromatic rings. The van der Waals surface area contributed by atoms with Crippen LogP contribution in [0.3, 0.4) is 0 Å². The number of aliphatic carboxylic acids is 1. The summed E-state index contributed by atoms with van der Waals surface area (Å²) in [5.74, 6) is -1.82. The molecule has 130 valence electrons. The first-order valence-electron chi connectivity index (χ1n) is 7.84. The first-order chi connectivity index (χ1) is 11.3. The molecule has 1 aliphatic heterocycles. The molecule has 0 aromatic heterocycles. The molecule has 2 rings (SSSR count). The Hall–Kier alpha value is -2.08. The first kappa shape index (κ1) is 18.3. The molecule has 1 fully saturated rings. The monoisotopic (exact) mass is 352 g/mol. The third-order valence-electron chi connectivity index (χ3n) is 4.42. The second-order valence-electron chi connectivity index (χ2n) is 6.07. The average Bonchev–Trinajstić information content (AvgIpc) is 2.88. The molecule has 0 bridgehead atoms. The van der Waals surface area contributed by atoms with Crippen molar-refractivity contribution in [1.82, 2.24) is 10.2 Å². The molecule has 1 aliphatic rings. The van der Waals surface area contributed by atoms with E-state index in [1.54, 1.807) is 36.1 Å². The fourth-order valence-corrected chi connectivity index (χ4v) is 3.23. The molecule has 2 amide bonds. The van der Waals surface area contributed by atoms with Crippen molar-refractivity contribution >= 4 is 29.4 Å². The maximum absolute atomic E-state index is 12.6. The standard InChI is InChI=1S/C17H21ClN2O4/c1-10-14(17(23)24)7-8-20(10)16(22)9-15(19-11(2)21)12-3-5-13(18)6-4-12/h3-6,10,14-15H,7-9H2,1-2H3,(H,19,21)(H,23,24). The predicted molar refractivity (Wildman–Crippen MR) is 89.5 cm³/mol. The highest BCUT2D eigenvalue weighted by atomic mass is 35.5. The van der Waals surface area contributed by atoms with Gasteiger partial charge >= 0.3 is 5.97 Å². The van der Waals surface area contributed by atoms with Gasteiger partial charge < -0.3 is 15.3 Å². The lowest BCUT2D eigenvalue weighted by Crippen LogP contribution is -2.40. The summed E-state index contributed by atoms with van der Waals surface area (Å²) in [6.45, 7) is 3.57. The molecule has 0 spiro atoms. The van der Waals surface area contributed by atoms with Crippen LogP contribution in [0.2, 0.25) is 5.02 Å². The van der Waals surface area contributed by atoms with Crippen molar-refractivity contribution in [2.24, 2.45) is 5.92 Å². The van der Waals surface area contributed by atoms with Crippen molar-refractivity contribution in [3.05, 3.63) is 34.9 Å². The maximum Gasteiger partial charge on any atom is 0.308 e. The van der Waals surface area contributed by atoms with Gasteiger partial charge in [0.2, 0.25) is 11.8 Å². The van der Waals surface area contributed by atoms with Gasteiger partial charge in [-0.15, -0.1) is 0 Å². The quantitative estimate of drug-likeness (QED) is 0.850. The number of rotatable bonds is 5. The largest absolute Gasteiger partial charge is 0.481 e. The zero-order valence-electron chi connectivity index (χ0n) is 13.7. The molecular weight excluding hydrogens is 332 g/mol. The molecule has 0 radical (unpaired) electrons. The highest BCUT2D eigenvalue weighted by molar-refractivity contribution is 6.30. The van der Waals surface area contributed by atoms with E-state index in [0.29, 0.717) is 18.0 Å². The van der Waals surface area contributed by atoms with Crippen molar-refractivity contribution in [3.63, 3.8) is 0 Å². The Morgan fingerprint density at radius 1 is 1.33 bits per heavy atom. The fraction of sp³-hybridized carbons (Fsp3) is 0.471. The molecule has 1 saturated heterocycles. The van der Waals surface area contributed by atoms with Gasteiger partial charge in [0, 0.05) is 24.5 Å². The van der Waals surface area contributed by atoms with Crippen LogP contribution in [0.5, 0.6) is 0 Å². The number of carboxylic acids is 1. The number of carbonyl (C=O) groups is 3. The van der Waals surface area contributed by atoms with E-state index in [1.807, 2.05) is 0 Å². The molecule has 3 atom stereocenters. The normalized spacial score (nSPS) is 21.4. The van der Waals surface area contributed by atoms with Crippen LogP contribution >= 0.6 is 11.6 Å². The fourth-order valence-electron chi connectivity index (χ4n) is 3.11. The van der Waals surface area contributed by atoms with Gasteiger partial charge in [0.05, 0.1) is 18.4 Å². The molecule has 7 heteroatoms. The Kier molecular flexibility index (Phi) is 5.83. The molecule has 2 N–H and O–H groups in total. The van der Waals surface area contributed by atoms with E-state index < -0.39 is 17.9 Å². The lowest BCUT2D eigenvalue weighted by atomic mass is 10.0. The minimum atomic E-state index is -0.881. The molecule has 1 heterocycles. The van der Waals surface area contributed by atoms with Crippen LogP contribution in [0.1, 0.15) is 38.3 Å². The topological polar surface area (TPSA) is 86.7 Å². The number of nitrogens with one attached hydrogen (secondary N) is 1. The summed E-state index contributed by atoms with van der Waals surface area (Å²) in [6, 6.07) is 6.12. The number of carboxylic acid groups (broad SMARTS) is 1. The zero-order valence-corrected chi connectivity index (χ0v) is 14.4. The van der Waals surface area contributed by atoms with Gasteiger partial charge in [0.25, 0.3) is 0 Å². The van der Waals surface area contributed by atoms with E-state index in [-0.39, 0.29) is 24.3 Å². The van der Waals surface area contributed by atoms with Crippen LogP contribution in [-0.4, -0.2) is 40.4 Å². The van der Waals surface area contributed by atoms with Crippen molar-refractivity contribution in [1.29, 1.82) is 0 Å². The minimum absolute atomic E-state index is 0.0812. The Morgan fingerprint density at radius 2 is 1.96 bits per heavy atom. The van der Waals surface area contributed by atoms with Gasteiger partial charge in [-0.05, 0) is 31.0 Å². The Labute approximate surface area is 145 Å². The summed E-state index contributed by atoms with van der Waals surface area (Å²) in [5.41, 5.74) is 0.782. The van der Waals surface area contributed by atoms with E-state index in [4.69, 9.17) is 11.6 Å². The van der Waals surface area contributed by atoms with E-state index in [0.717, 1.165) is 5.56 Å². The van der Waals surface area contributed by atoms with Crippen LogP contribution < -0.4 is 5.32 Å². The molecule has 1 aromatic carbocycles. The van der Waals surface area contributed by atoms with E-state index >= 15 is 0 Å². The Morgan fingerprint density at radius 3 is 2.46 bits per heavy atom. The lowest BCUT2D eigenvalue weighted by molar-refractivity contribution is -0.143. The van der Waals surface area contributed by atoms with Crippen molar-refractivity contribution in [2.75, 3.05) is 6.54 Å². The number of nitrogens with zero attached hydrogens (tertiary/aromatic N) is 1. The second kappa shape index (κ2) is 7.66. The van der Waals surface area contributed by atoms with Crippen LogP contribution in [-0.2, 0) is 14.4 Å². The number of amides is 2. The van der Waals surface area contributed by atoms with Crippen molar-refractivity contribution in [2.45, 2.75) is 38.8 Å². The summed E-state index contributed by atoms with van der Waals surface area (Å²) in [6.07, 6.45) is 0.534. The highest BCUT2D eigenvalue weighted by Crippen LogP contribution is 2.27. The smallest absolute Gasteiger partial charge is 0.308 e. The number of hydrogen-bond acceptors (Lipinski definition) is 3. The first-order valence-corrected chi connectivity index (χ1v) is 8.22.